The summed E-state index contributed by atoms with van der Waals surface area (Å²) in [6.07, 6.45) is 1.72. The first-order valence-electron chi connectivity index (χ1n) is 8.03. The fraction of sp³-hybridized carbons (Fsp3) is 0.316. The first-order chi connectivity index (χ1) is 11.2. The van der Waals surface area contributed by atoms with Crippen molar-refractivity contribution in [1.82, 2.24) is 4.90 Å². The van der Waals surface area contributed by atoms with E-state index in [4.69, 9.17) is 0 Å². The molecule has 0 radical (unpaired) electrons. The molecule has 0 aromatic heterocycles. The number of halogens is 1. The van der Waals surface area contributed by atoms with E-state index in [9.17, 15) is 9.18 Å². The van der Waals surface area contributed by atoms with E-state index in [-0.39, 0.29) is 17.6 Å². The van der Waals surface area contributed by atoms with Crippen molar-refractivity contribution >= 4 is 11.6 Å². The van der Waals surface area contributed by atoms with Crippen LogP contribution in [0, 0.1) is 11.7 Å². The minimum absolute atomic E-state index is 0.0691. The summed E-state index contributed by atoms with van der Waals surface area (Å²) >= 11 is 0. The highest BCUT2D eigenvalue weighted by molar-refractivity contribution is 5.92. The maximum Gasteiger partial charge on any atom is 0.227 e. The van der Waals surface area contributed by atoms with Gasteiger partial charge in [-0.05, 0) is 55.8 Å². The number of amides is 1. The van der Waals surface area contributed by atoms with Gasteiger partial charge >= 0.3 is 0 Å². The number of likely N-dealkylation sites (tertiary alicyclic amines) is 1. The number of nitrogens with zero attached hydrogens (tertiary/aromatic N) is 1. The Hall–Kier alpha value is -2.20. The van der Waals surface area contributed by atoms with Crippen molar-refractivity contribution in [1.29, 1.82) is 0 Å². The minimum atomic E-state index is -0.204. The molecule has 0 saturated carbocycles. The van der Waals surface area contributed by atoms with E-state index in [1.807, 2.05) is 42.5 Å². The summed E-state index contributed by atoms with van der Waals surface area (Å²) in [5, 5.41) is 2.98. The van der Waals surface area contributed by atoms with Crippen molar-refractivity contribution < 1.29 is 9.18 Å². The molecule has 2 aromatic rings. The van der Waals surface area contributed by atoms with Crippen LogP contribution in [0.1, 0.15) is 18.4 Å². The number of rotatable bonds is 4. The second kappa shape index (κ2) is 7.38. The molecule has 0 spiro atoms. The molecule has 0 unspecified atom stereocenters. The Morgan fingerprint density at radius 1 is 1.04 bits per heavy atom. The number of benzene rings is 2. The van der Waals surface area contributed by atoms with E-state index >= 15 is 0 Å². The van der Waals surface area contributed by atoms with E-state index < -0.39 is 0 Å². The molecule has 1 fully saturated rings. The van der Waals surface area contributed by atoms with Gasteiger partial charge in [0.2, 0.25) is 5.91 Å². The molecule has 0 atom stereocenters. The molecule has 1 heterocycles. The third-order valence-corrected chi connectivity index (χ3v) is 4.32. The summed E-state index contributed by atoms with van der Waals surface area (Å²) in [5.41, 5.74) is 1.96. The first kappa shape index (κ1) is 15.7. The number of piperidine rings is 1. The summed E-state index contributed by atoms with van der Waals surface area (Å²) < 4.78 is 12.9. The van der Waals surface area contributed by atoms with Gasteiger partial charge in [-0.25, -0.2) is 4.39 Å². The van der Waals surface area contributed by atoms with Gasteiger partial charge in [-0.2, -0.15) is 0 Å². The number of hydrogen-bond donors (Lipinski definition) is 1. The molecule has 1 aliphatic rings. The standard InChI is InChI=1S/C19H21FN2O/c20-17-8-6-15(7-9-17)14-22-12-10-16(11-13-22)19(23)21-18-4-2-1-3-5-18/h1-9,16H,10-14H2,(H,21,23). The topological polar surface area (TPSA) is 32.3 Å². The van der Waals surface area contributed by atoms with Crippen molar-refractivity contribution in [2.24, 2.45) is 5.92 Å². The van der Waals surface area contributed by atoms with Gasteiger partial charge in [-0.3, -0.25) is 9.69 Å². The van der Waals surface area contributed by atoms with Gasteiger partial charge in [0.15, 0.2) is 0 Å². The Morgan fingerprint density at radius 2 is 1.70 bits per heavy atom. The molecule has 120 valence electrons. The lowest BCUT2D eigenvalue weighted by Crippen LogP contribution is -2.37. The largest absolute Gasteiger partial charge is 0.326 e. The predicted molar refractivity (Wildman–Crippen MR) is 89.5 cm³/mol. The van der Waals surface area contributed by atoms with Gasteiger partial charge in [0.05, 0.1) is 0 Å². The van der Waals surface area contributed by atoms with Crippen LogP contribution in [0.4, 0.5) is 10.1 Å². The van der Waals surface area contributed by atoms with Crippen LogP contribution in [-0.2, 0) is 11.3 Å². The number of carbonyl (C=O) groups is 1. The average molecular weight is 312 g/mol. The fourth-order valence-corrected chi connectivity index (χ4v) is 2.97. The molecule has 3 rings (SSSR count). The van der Waals surface area contributed by atoms with E-state index in [0.717, 1.165) is 43.7 Å². The van der Waals surface area contributed by atoms with Gasteiger partial charge < -0.3 is 5.32 Å². The second-order valence-electron chi connectivity index (χ2n) is 6.03. The van der Waals surface area contributed by atoms with Crippen molar-refractivity contribution in [3.05, 3.63) is 66.0 Å². The maximum atomic E-state index is 12.9. The first-order valence-corrected chi connectivity index (χ1v) is 8.03. The van der Waals surface area contributed by atoms with Crippen LogP contribution in [0.25, 0.3) is 0 Å². The quantitative estimate of drug-likeness (QED) is 0.934. The van der Waals surface area contributed by atoms with Crippen LogP contribution >= 0.6 is 0 Å². The van der Waals surface area contributed by atoms with Crippen LogP contribution in [0.5, 0.6) is 0 Å². The Bertz CT molecular complexity index is 634. The third-order valence-electron chi connectivity index (χ3n) is 4.32. The lowest BCUT2D eigenvalue weighted by molar-refractivity contribution is -0.121. The molecule has 1 aliphatic heterocycles. The normalized spacial score (nSPS) is 16.2. The van der Waals surface area contributed by atoms with E-state index in [1.165, 1.54) is 12.1 Å². The number of carbonyl (C=O) groups excluding carboxylic acids is 1. The monoisotopic (exact) mass is 312 g/mol. The zero-order chi connectivity index (χ0) is 16.1. The Balaban J connectivity index is 1.48. The van der Waals surface area contributed by atoms with Crippen LogP contribution in [0.3, 0.4) is 0 Å². The molecule has 2 aromatic carbocycles. The molecule has 0 bridgehead atoms. The highest BCUT2D eigenvalue weighted by Crippen LogP contribution is 2.21. The average Bonchev–Trinajstić information content (AvgIpc) is 2.58. The molecular formula is C19H21FN2O. The van der Waals surface area contributed by atoms with E-state index in [2.05, 4.69) is 10.2 Å². The summed E-state index contributed by atoms with van der Waals surface area (Å²) in [6.45, 7) is 2.60. The van der Waals surface area contributed by atoms with Crippen molar-refractivity contribution in [2.75, 3.05) is 18.4 Å². The molecule has 0 aliphatic carbocycles. The minimum Gasteiger partial charge on any atom is -0.326 e. The van der Waals surface area contributed by atoms with Gasteiger partial charge in [0, 0.05) is 18.2 Å². The summed E-state index contributed by atoms with van der Waals surface area (Å²) in [7, 11) is 0. The smallest absolute Gasteiger partial charge is 0.227 e. The third kappa shape index (κ3) is 4.39. The summed E-state index contributed by atoms with van der Waals surface area (Å²) in [6, 6.07) is 16.2. The van der Waals surface area contributed by atoms with Crippen molar-refractivity contribution in [2.45, 2.75) is 19.4 Å². The van der Waals surface area contributed by atoms with Gasteiger partial charge in [-0.1, -0.05) is 30.3 Å². The van der Waals surface area contributed by atoms with Gasteiger partial charge in [-0.15, -0.1) is 0 Å². The number of para-hydroxylation sites is 1. The fourth-order valence-electron chi connectivity index (χ4n) is 2.97. The lowest BCUT2D eigenvalue weighted by Gasteiger charge is -2.31. The maximum absolute atomic E-state index is 12.9. The number of hydrogen-bond acceptors (Lipinski definition) is 2. The Morgan fingerprint density at radius 3 is 2.35 bits per heavy atom. The highest BCUT2D eigenvalue weighted by atomic mass is 19.1. The molecule has 1 saturated heterocycles. The molecule has 23 heavy (non-hydrogen) atoms. The zero-order valence-corrected chi connectivity index (χ0v) is 13.0. The lowest BCUT2D eigenvalue weighted by atomic mass is 9.95. The number of anilines is 1. The zero-order valence-electron chi connectivity index (χ0n) is 13.0. The molecule has 1 amide bonds. The molecule has 4 heteroatoms. The SMILES string of the molecule is O=C(Nc1ccccc1)C1CCN(Cc2ccc(F)cc2)CC1. The molecule has 3 nitrogen and oxygen atoms in total. The van der Waals surface area contributed by atoms with Crippen LogP contribution < -0.4 is 5.32 Å². The highest BCUT2D eigenvalue weighted by Gasteiger charge is 2.24. The van der Waals surface area contributed by atoms with Crippen LogP contribution in [0.15, 0.2) is 54.6 Å². The van der Waals surface area contributed by atoms with E-state index in [1.54, 1.807) is 0 Å². The van der Waals surface area contributed by atoms with Crippen LogP contribution in [-0.4, -0.2) is 23.9 Å². The van der Waals surface area contributed by atoms with Gasteiger partial charge in [0.25, 0.3) is 0 Å². The Kier molecular flexibility index (Phi) is 5.03. The molecular weight excluding hydrogens is 291 g/mol. The van der Waals surface area contributed by atoms with E-state index in [0.29, 0.717) is 0 Å². The van der Waals surface area contributed by atoms with Crippen molar-refractivity contribution in [3.63, 3.8) is 0 Å². The second-order valence-corrected chi connectivity index (χ2v) is 6.03. The summed E-state index contributed by atoms with van der Waals surface area (Å²) in [4.78, 5) is 14.6. The van der Waals surface area contributed by atoms with Crippen LogP contribution in [0.2, 0.25) is 0 Å². The summed E-state index contributed by atoms with van der Waals surface area (Å²) in [5.74, 6) is -0.0256. The van der Waals surface area contributed by atoms with Crippen molar-refractivity contribution in [3.8, 4) is 0 Å². The Labute approximate surface area is 136 Å². The predicted octanol–water partition coefficient (Wildman–Crippen LogP) is 3.68. The number of nitrogens with one attached hydrogen (secondary N) is 1. The van der Waals surface area contributed by atoms with Gasteiger partial charge in [0.1, 0.15) is 5.82 Å². The molecule has 1 N–H and O–H groups in total.